The normalized spacial score (nSPS) is 13.4. The van der Waals surface area contributed by atoms with E-state index in [-0.39, 0.29) is 6.04 Å². The van der Waals surface area contributed by atoms with Crippen molar-refractivity contribution in [3.63, 3.8) is 0 Å². The lowest BCUT2D eigenvalue weighted by molar-refractivity contribution is 0.439. The fourth-order valence-electron chi connectivity index (χ4n) is 0.849. The molecule has 0 unspecified atom stereocenters. The minimum absolute atomic E-state index is 0.0775. The van der Waals surface area contributed by atoms with Crippen molar-refractivity contribution in [3.8, 4) is 0 Å². The van der Waals surface area contributed by atoms with Crippen molar-refractivity contribution in [1.82, 2.24) is 0 Å². The number of hydrogen-bond acceptors (Lipinski definition) is 3. The Morgan fingerprint density at radius 1 is 1.55 bits per heavy atom. The highest BCUT2D eigenvalue weighted by Crippen LogP contribution is 2.20. The zero-order valence-corrected chi connectivity index (χ0v) is 7.67. The first-order chi connectivity index (χ1) is 5.24. The van der Waals surface area contributed by atoms with E-state index in [4.69, 9.17) is 15.9 Å². The molecule has 0 aliphatic heterocycles. The summed E-state index contributed by atoms with van der Waals surface area (Å²) in [4.78, 5) is 0. The summed E-state index contributed by atoms with van der Waals surface area (Å²) in [7, 11) is 0. The summed E-state index contributed by atoms with van der Waals surface area (Å²) in [6.07, 6.45) is 0.750. The molecule has 1 heterocycles. The van der Waals surface area contributed by atoms with Crippen LogP contribution in [0.2, 0.25) is 0 Å². The predicted molar refractivity (Wildman–Crippen MR) is 47.0 cm³/mol. The number of halogens is 1. The molecule has 0 amide bonds. The van der Waals surface area contributed by atoms with Crippen molar-refractivity contribution < 1.29 is 4.42 Å². The Balaban J connectivity index is 2.60. The van der Waals surface area contributed by atoms with Crippen LogP contribution in [0.4, 0.5) is 0 Å². The summed E-state index contributed by atoms with van der Waals surface area (Å²) in [6, 6.07) is 3.60. The van der Waals surface area contributed by atoms with Crippen LogP contribution in [0, 0.1) is 0 Å². The molecule has 0 aliphatic carbocycles. The Kier molecular flexibility index (Phi) is 3.11. The quantitative estimate of drug-likeness (QED) is 0.807. The highest BCUT2D eigenvalue weighted by molar-refractivity contribution is 9.10. The lowest BCUT2D eigenvalue weighted by atomic mass is 10.2. The third-order valence-electron chi connectivity index (χ3n) is 1.44. The van der Waals surface area contributed by atoms with Crippen LogP contribution < -0.4 is 11.5 Å². The van der Waals surface area contributed by atoms with Crippen molar-refractivity contribution in [1.29, 1.82) is 0 Å². The molecule has 0 fully saturated rings. The summed E-state index contributed by atoms with van der Waals surface area (Å²) >= 11 is 3.20. The van der Waals surface area contributed by atoms with E-state index in [2.05, 4.69) is 15.9 Å². The number of furan rings is 1. The minimum atomic E-state index is -0.0775. The van der Waals surface area contributed by atoms with Crippen molar-refractivity contribution in [3.05, 3.63) is 22.6 Å². The highest BCUT2D eigenvalue weighted by atomic mass is 79.9. The Hall–Kier alpha value is -0.320. The van der Waals surface area contributed by atoms with Gasteiger partial charge in [0.1, 0.15) is 5.76 Å². The summed E-state index contributed by atoms with van der Waals surface area (Å²) < 4.78 is 5.94. The van der Waals surface area contributed by atoms with Crippen LogP contribution in [0.3, 0.4) is 0 Å². The van der Waals surface area contributed by atoms with Crippen LogP contribution in [0.1, 0.15) is 18.2 Å². The summed E-state index contributed by atoms with van der Waals surface area (Å²) in [5.41, 5.74) is 11.1. The standard InChI is InChI=1S/C7H11BrN2O/c8-7-2-1-6(11-7)5(10)3-4-9/h1-2,5H,3-4,9-10H2/t5-/m1/s1. The topological polar surface area (TPSA) is 65.2 Å². The van der Waals surface area contributed by atoms with Gasteiger partial charge >= 0.3 is 0 Å². The maximum atomic E-state index is 5.72. The first kappa shape index (κ1) is 8.77. The average Bonchev–Trinajstić information content (AvgIpc) is 2.36. The van der Waals surface area contributed by atoms with Gasteiger partial charge in [0.15, 0.2) is 4.67 Å². The molecular formula is C7H11BrN2O. The van der Waals surface area contributed by atoms with Gasteiger partial charge in [-0.25, -0.2) is 0 Å². The molecule has 1 aromatic heterocycles. The Morgan fingerprint density at radius 3 is 2.73 bits per heavy atom. The molecule has 0 radical (unpaired) electrons. The van der Waals surface area contributed by atoms with Gasteiger partial charge in [-0.15, -0.1) is 0 Å². The molecule has 3 nitrogen and oxygen atoms in total. The molecule has 0 saturated heterocycles. The van der Waals surface area contributed by atoms with E-state index in [0.717, 1.165) is 12.2 Å². The molecule has 0 bridgehead atoms. The van der Waals surface area contributed by atoms with Gasteiger partial charge in [-0.2, -0.15) is 0 Å². The van der Waals surface area contributed by atoms with Gasteiger partial charge in [0.05, 0.1) is 6.04 Å². The molecular weight excluding hydrogens is 208 g/mol. The van der Waals surface area contributed by atoms with E-state index < -0.39 is 0 Å². The zero-order valence-electron chi connectivity index (χ0n) is 6.09. The van der Waals surface area contributed by atoms with Gasteiger partial charge in [0, 0.05) is 0 Å². The molecule has 1 atom stereocenters. The minimum Gasteiger partial charge on any atom is -0.453 e. The summed E-state index contributed by atoms with van der Waals surface area (Å²) in [6.45, 7) is 0.583. The van der Waals surface area contributed by atoms with Crippen molar-refractivity contribution in [2.45, 2.75) is 12.5 Å². The van der Waals surface area contributed by atoms with Crippen LogP contribution in [-0.2, 0) is 0 Å². The first-order valence-electron chi connectivity index (χ1n) is 3.45. The number of hydrogen-bond donors (Lipinski definition) is 2. The summed E-state index contributed by atoms with van der Waals surface area (Å²) in [5.74, 6) is 0.780. The first-order valence-corrected chi connectivity index (χ1v) is 4.24. The van der Waals surface area contributed by atoms with E-state index in [1.807, 2.05) is 12.1 Å². The number of rotatable bonds is 3. The molecule has 4 heteroatoms. The van der Waals surface area contributed by atoms with E-state index >= 15 is 0 Å². The maximum Gasteiger partial charge on any atom is 0.169 e. The van der Waals surface area contributed by atoms with Gasteiger partial charge < -0.3 is 15.9 Å². The van der Waals surface area contributed by atoms with E-state index in [9.17, 15) is 0 Å². The van der Waals surface area contributed by atoms with Crippen molar-refractivity contribution in [2.75, 3.05) is 6.54 Å². The van der Waals surface area contributed by atoms with Gasteiger partial charge in [-0.1, -0.05) is 0 Å². The second kappa shape index (κ2) is 3.90. The Bertz CT molecular complexity index is 224. The fourth-order valence-corrected chi connectivity index (χ4v) is 1.17. The lowest BCUT2D eigenvalue weighted by Gasteiger charge is -2.04. The molecule has 0 saturated carbocycles. The molecule has 1 rings (SSSR count). The smallest absolute Gasteiger partial charge is 0.169 e. The summed E-state index contributed by atoms with van der Waals surface area (Å²) in [5, 5.41) is 0. The largest absolute Gasteiger partial charge is 0.453 e. The molecule has 0 spiro atoms. The van der Waals surface area contributed by atoms with Crippen LogP contribution in [-0.4, -0.2) is 6.54 Å². The molecule has 0 aliphatic rings. The van der Waals surface area contributed by atoms with Crippen LogP contribution >= 0.6 is 15.9 Å². The van der Waals surface area contributed by atoms with Crippen LogP contribution in [0.15, 0.2) is 21.2 Å². The fraction of sp³-hybridized carbons (Fsp3) is 0.429. The molecule has 4 N–H and O–H groups in total. The van der Waals surface area contributed by atoms with E-state index in [1.165, 1.54) is 0 Å². The Morgan fingerprint density at radius 2 is 2.27 bits per heavy atom. The second-order valence-electron chi connectivity index (χ2n) is 2.33. The van der Waals surface area contributed by atoms with Gasteiger partial charge in [-0.3, -0.25) is 0 Å². The molecule has 11 heavy (non-hydrogen) atoms. The Labute approximate surface area is 73.9 Å². The van der Waals surface area contributed by atoms with Gasteiger partial charge in [0.2, 0.25) is 0 Å². The zero-order chi connectivity index (χ0) is 8.27. The molecule has 0 aromatic carbocycles. The lowest BCUT2D eigenvalue weighted by Crippen LogP contribution is -2.14. The van der Waals surface area contributed by atoms with Gasteiger partial charge in [-0.05, 0) is 41.0 Å². The molecule has 62 valence electrons. The van der Waals surface area contributed by atoms with Gasteiger partial charge in [0.25, 0.3) is 0 Å². The third kappa shape index (κ3) is 2.32. The SMILES string of the molecule is NCC[C@@H](N)c1ccc(Br)o1. The predicted octanol–water partition coefficient (Wildman–Crippen LogP) is 1.39. The highest BCUT2D eigenvalue weighted by Gasteiger charge is 2.08. The average molecular weight is 219 g/mol. The van der Waals surface area contributed by atoms with E-state index in [0.29, 0.717) is 11.2 Å². The van der Waals surface area contributed by atoms with Crippen molar-refractivity contribution in [2.24, 2.45) is 11.5 Å². The van der Waals surface area contributed by atoms with Crippen molar-refractivity contribution >= 4 is 15.9 Å². The maximum absolute atomic E-state index is 5.72. The van der Waals surface area contributed by atoms with Crippen LogP contribution in [0.25, 0.3) is 0 Å². The second-order valence-corrected chi connectivity index (χ2v) is 3.11. The van der Waals surface area contributed by atoms with E-state index in [1.54, 1.807) is 0 Å². The third-order valence-corrected chi connectivity index (χ3v) is 1.86. The van der Waals surface area contributed by atoms with Crippen LogP contribution in [0.5, 0.6) is 0 Å². The molecule has 1 aromatic rings. The monoisotopic (exact) mass is 218 g/mol. The number of nitrogens with two attached hydrogens (primary N) is 2.